The maximum atomic E-state index is 12.8. The van der Waals surface area contributed by atoms with Crippen molar-refractivity contribution in [1.29, 1.82) is 0 Å². The van der Waals surface area contributed by atoms with Crippen molar-refractivity contribution in [3.8, 4) is 0 Å². The lowest BCUT2D eigenvalue weighted by atomic mass is 9.45. The maximum Gasteiger partial charge on any atom is 0.411 e. The van der Waals surface area contributed by atoms with E-state index in [1.807, 2.05) is 72.3 Å². The third-order valence-electron chi connectivity index (χ3n) is 11.5. The summed E-state index contributed by atoms with van der Waals surface area (Å²) in [6, 6.07) is 7.54. The fraction of sp³-hybridized carbons (Fsp3) is 0.636. The number of aryl methyl sites for hydroxylation is 2. The number of pyridine rings is 2. The van der Waals surface area contributed by atoms with Crippen LogP contribution in [0.5, 0.6) is 0 Å². The number of fused-ring (bicyclic) bond motifs is 5. The minimum absolute atomic E-state index is 0.0202. The Hall–Kier alpha value is -3.16. The van der Waals surface area contributed by atoms with Crippen LogP contribution < -0.4 is 19.8 Å². The average Bonchev–Trinajstić information content (AvgIpc) is 3.27. The van der Waals surface area contributed by atoms with Crippen LogP contribution in [0.2, 0.25) is 0 Å². The molecule has 2 aromatic heterocycles. The molecule has 0 unspecified atom stereocenters. The summed E-state index contributed by atoms with van der Waals surface area (Å²) in [7, 11) is 3.91. The van der Waals surface area contributed by atoms with Gasteiger partial charge < -0.3 is 9.47 Å². The second-order valence-electron chi connectivity index (χ2n) is 13.7. The van der Waals surface area contributed by atoms with Crippen molar-refractivity contribution in [2.45, 2.75) is 83.8 Å². The normalized spacial score (nSPS) is 35.8. The Labute approximate surface area is 243 Å². The number of anilines is 2. The van der Waals surface area contributed by atoms with Crippen LogP contribution >= 0.6 is 0 Å². The molecule has 4 aliphatic carbocycles. The molecule has 220 valence electrons. The predicted molar refractivity (Wildman–Crippen MR) is 155 cm³/mol. The molecule has 4 fully saturated rings. The number of nitrogens with zero attached hydrogens (tertiary/aromatic N) is 2. The second kappa shape index (κ2) is 10.9. The van der Waals surface area contributed by atoms with Crippen LogP contribution in [0.1, 0.15) is 71.6 Å². The molecule has 0 spiro atoms. The molecule has 4 aliphatic rings. The minimum atomic E-state index is -0.350. The third kappa shape index (κ3) is 5.42. The van der Waals surface area contributed by atoms with Crippen molar-refractivity contribution in [2.24, 2.45) is 48.6 Å². The van der Waals surface area contributed by atoms with Crippen LogP contribution in [-0.2, 0) is 23.6 Å². The van der Waals surface area contributed by atoms with Crippen LogP contribution in [0.4, 0.5) is 21.0 Å². The van der Waals surface area contributed by atoms with Gasteiger partial charge in [0.05, 0.1) is 11.4 Å². The summed E-state index contributed by atoms with van der Waals surface area (Å²) in [6.07, 6.45) is 16.7. The number of hydrogen-bond acceptors (Lipinski definition) is 4. The van der Waals surface area contributed by atoms with E-state index in [1.165, 1.54) is 19.3 Å². The number of amides is 2. The molecule has 0 aliphatic heterocycles. The second-order valence-corrected chi connectivity index (χ2v) is 13.7. The summed E-state index contributed by atoms with van der Waals surface area (Å²) in [5.41, 5.74) is 1.84. The molecule has 0 saturated heterocycles. The first kappa shape index (κ1) is 28.0. The first-order chi connectivity index (χ1) is 19.6. The quantitative estimate of drug-likeness (QED) is 0.454. The van der Waals surface area contributed by atoms with Crippen molar-refractivity contribution in [3.63, 3.8) is 0 Å². The molecular weight excluding hydrogens is 516 g/mol. The molecule has 2 heterocycles. The number of nitrogens with one attached hydrogen (secondary N) is 2. The molecule has 4 saturated carbocycles. The molecule has 2 amide bonds. The van der Waals surface area contributed by atoms with Gasteiger partial charge in [-0.2, -0.15) is 0 Å². The summed E-state index contributed by atoms with van der Waals surface area (Å²) in [4.78, 5) is 25.5. The third-order valence-corrected chi connectivity index (χ3v) is 11.5. The molecule has 0 bridgehead atoms. The Bertz CT molecular complexity index is 1270. The van der Waals surface area contributed by atoms with Gasteiger partial charge in [0, 0.05) is 29.7 Å². The van der Waals surface area contributed by atoms with E-state index >= 15 is 0 Å². The highest BCUT2D eigenvalue weighted by Crippen LogP contribution is 2.66. The number of carbonyl (C=O) groups is 2. The molecule has 8 atom stereocenters. The van der Waals surface area contributed by atoms with E-state index < -0.39 is 0 Å². The fourth-order valence-electron chi connectivity index (χ4n) is 9.22. The number of ether oxygens (including phenoxy) is 2. The highest BCUT2D eigenvalue weighted by atomic mass is 16.6. The van der Waals surface area contributed by atoms with Crippen molar-refractivity contribution in [3.05, 3.63) is 49.1 Å². The first-order valence-corrected chi connectivity index (χ1v) is 15.5. The predicted octanol–water partition coefficient (Wildman–Crippen LogP) is 5.91. The van der Waals surface area contributed by atoms with E-state index in [0.717, 1.165) is 49.9 Å². The number of carbonyl (C=O) groups excluding carboxylic acids is 2. The van der Waals surface area contributed by atoms with E-state index in [1.54, 1.807) is 0 Å². The van der Waals surface area contributed by atoms with Gasteiger partial charge in [-0.05, 0) is 86.9 Å². The van der Waals surface area contributed by atoms with Gasteiger partial charge in [-0.15, -0.1) is 0 Å². The summed E-state index contributed by atoms with van der Waals surface area (Å²) >= 11 is 0. The fourth-order valence-corrected chi connectivity index (χ4v) is 9.22. The highest BCUT2D eigenvalue weighted by molar-refractivity contribution is 5.85. The number of hydrogen-bond donors (Lipinski definition) is 2. The lowest BCUT2D eigenvalue weighted by Crippen LogP contribution is -2.55. The molecule has 8 nitrogen and oxygen atoms in total. The molecule has 0 aromatic carbocycles. The van der Waals surface area contributed by atoms with E-state index in [9.17, 15) is 9.59 Å². The maximum absolute atomic E-state index is 12.8. The number of rotatable bonds is 4. The smallest absolute Gasteiger partial charge is 0.411 e. The van der Waals surface area contributed by atoms with E-state index in [-0.39, 0.29) is 35.2 Å². The Morgan fingerprint density at radius 3 is 1.93 bits per heavy atom. The number of aromatic nitrogens is 2. The largest absolute Gasteiger partial charge is 0.446 e. The standard InChI is InChI=1S/C33H44N4O4/c1-32-15-9-25(40-30(38)34-23-11-17-36(3)18-12-23)21-22(32)5-6-26-27-7-8-29(33(27,2)16-10-28(26)32)41-31(39)35-24-13-19-37(4)20-14-24/h11-14,17-20,22,25-29H,5-10,15-16,21H2,1-4H3/p+2/t22-,25-,26+,27+,28+,29+,32+,33+/m1/s1. The molecule has 6 rings (SSSR count). The summed E-state index contributed by atoms with van der Waals surface area (Å²) in [5.74, 6) is 2.56. The van der Waals surface area contributed by atoms with Gasteiger partial charge in [0.1, 0.15) is 26.3 Å². The van der Waals surface area contributed by atoms with Gasteiger partial charge >= 0.3 is 12.2 Å². The lowest BCUT2D eigenvalue weighted by molar-refractivity contribution is -0.671. The van der Waals surface area contributed by atoms with Gasteiger partial charge in [0.2, 0.25) is 0 Å². The zero-order valence-corrected chi connectivity index (χ0v) is 25.0. The van der Waals surface area contributed by atoms with Gasteiger partial charge in [-0.3, -0.25) is 10.6 Å². The minimum Gasteiger partial charge on any atom is -0.446 e. The van der Waals surface area contributed by atoms with Crippen LogP contribution in [0.25, 0.3) is 0 Å². The Morgan fingerprint density at radius 1 is 0.732 bits per heavy atom. The Morgan fingerprint density at radius 2 is 1.29 bits per heavy atom. The van der Waals surface area contributed by atoms with Crippen LogP contribution in [0, 0.1) is 34.5 Å². The first-order valence-electron chi connectivity index (χ1n) is 15.5. The monoisotopic (exact) mass is 562 g/mol. The van der Waals surface area contributed by atoms with Gasteiger partial charge in [0.15, 0.2) is 24.8 Å². The molecule has 0 radical (unpaired) electrons. The average molecular weight is 563 g/mol. The van der Waals surface area contributed by atoms with Crippen molar-refractivity contribution < 1.29 is 28.2 Å². The summed E-state index contributed by atoms with van der Waals surface area (Å²) < 4.78 is 15.9. The zero-order chi connectivity index (χ0) is 28.8. The van der Waals surface area contributed by atoms with Gasteiger partial charge in [-0.1, -0.05) is 13.8 Å². The summed E-state index contributed by atoms with van der Waals surface area (Å²) in [6.45, 7) is 4.90. The zero-order valence-electron chi connectivity index (χ0n) is 25.0. The molecule has 2 aromatic rings. The Kier molecular flexibility index (Phi) is 7.45. The molecule has 2 N–H and O–H groups in total. The van der Waals surface area contributed by atoms with Crippen LogP contribution in [0.3, 0.4) is 0 Å². The topological polar surface area (TPSA) is 84.4 Å². The molecule has 41 heavy (non-hydrogen) atoms. The van der Waals surface area contributed by atoms with Crippen molar-refractivity contribution in [1.82, 2.24) is 0 Å². The highest BCUT2D eigenvalue weighted by Gasteiger charge is 2.61. The lowest BCUT2D eigenvalue weighted by Gasteiger charge is -2.60. The van der Waals surface area contributed by atoms with Crippen molar-refractivity contribution >= 4 is 23.6 Å². The van der Waals surface area contributed by atoms with Gasteiger partial charge in [0.25, 0.3) is 0 Å². The summed E-state index contributed by atoms with van der Waals surface area (Å²) in [5, 5.41) is 5.82. The Balaban J connectivity index is 1.06. The molecule has 8 heteroatoms. The van der Waals surface area contributed by atoms with E-state index in [4.69, 9.17) is 9.47 Å². The van der Waals surface area contributed by atoms with E-state index in [0.29, 0.717) is 23.7 Å². The van der Waals surface area contributed by atoms with E-state index in [2.05, 4.69) is 24.5 Å². The van der Waals surface area contributed by atoms with Crippen molar-refractivity contribution in [2.75, 3.05) is 10.6 Å². The van der Waals surface area contributed by atoms with Crippen LogP contribution in [0.15, 0.2) is 49.1 Å². The SMILES string of the molecule is C[n+]1ccc(NC(=O)O[C@@H]2CC[C@@]3(C)[C@H](CC[C@@H]4[C@@H]3CC[C@]3(C)[C@@H](OC(=O)Nc5cc[n+](C)cc5)CC[C@@H]43)C2)cc1. The van der Waals surface area contributed by atoms with Crippen LogP contribution in [-0.4, -0.2) is 24.4 Å². The molecular formula is C33H46N4O4+2. The van der Waals surface area contributed by atoms with Gasteiger partial charge in [-0.25, -0.2) is 18.7 Å².